The van der Waals surface area contributed by atoms with Crippen LogP contribution in [0.5, 0.6) is 0 Å². The van der Waals surface area contributed by atoms with Gasteiger partial charge in [-0.15, -0.1) is 0 Å². The molecule has 6 aromatic carbocycles. The summed E-state index contributed by atoms with van der Waals surface area (Å²) in [5, 5.41) is 22.1. The molecule has 0 bridgehead atoms. The standard InChI is InChI=1S/C44H38N6O4.2BrH/c51-49(52)39-21-13-33(14-22-39)25-27-45-31-47(43-7-3-1-5-41(43)45)29-35-9-17-37(18-10-35)38-19-11-36(12-20-38)30-48-32-46(42-6-2-4-8-44(42)48)28-26-34-15-23-40(24-16-34)50(53)54;;/h1-24,31-32H,25-30H2;2*1H/q+2;;/p-2. The van der Waals surface area contributed by atoms with Gasteiger partial charge in [0.25, 0.3) is 11.4 Å². The van der Waals surface area contributed by atoms with Gasteiger partial charge in [-0.3, -0.25) is 20.2 Å². The topological polar surface area (TPSA) is 104 Å². The lowest BCUT2D eigenvalue weighted by molar-refractivity contribution is -0.663. The van der Waals surface area contributed by atoms with E-state index >= 15 is 0 Å². The Labute approximate surface area is 344 Å². The number of aryl methyl sites for hydroxylation is 4. The summed E-state index contributed by atoms with van der Waals surface area (Å²) in [6.45, 7) is 3.02. The van der Waals surface area contributed by atoms with Gasteiger partial charge in [0.05, 0.1) is 22.9 Å². The van der Waals surface area contributed by atoms with Crippen molar-refractivity contribution in [3.05, 3.63) is 201 Å². The maximum atomic E-state index is 11.0. The van der Waals surface area contributed by atoms with E-state index in [1.54, 1.807) is 24.3 Å². The van der Waals surface area contributed by atoms with Crippen LogP contribution >= 0.6 is 0 Å². The second-order valence-electron chi connectivity index (χ2n) is 13.6. The SMILES string of the molecule is O=[N+]([O-])c1ccc(CCn2c[n+](Cc3ccc(-c4ccc(C[n+]5cn(CCc6ccc([N+](=O)[O-])cc6)c6ccccc65)cc4)cc3)c3ccccc32)cc1.[Br-].[Br-]. The molecular formula is C44H38Br2N6O4. The van der Waals surface area contributed by atoms with Crippen LogP contribution in [0.1, 0.15) is 22.3 Å². The number of aromatic nitrogens is 4. The summed E-state index contributed by atoms with van der Waals surface area (Å²) in [5.74, 6) is 0. The first-order valence-corrected chi connectivity index (χ1v) is 18.0. The van der Waals surface area contributed by atoms with Crippen LogP contribution in [0.25, 0.3) is 33.2 Å². The van der Waals surface area contributed by atoms with E-state index in [9.17, 15) is 20.2 Å². The third-order valence-electron chi connectivity index (χ3n) is 10.1. The number of hydrogen-bond acceptors (Lipinski definition) is 4. The molecule has 0 atom stereocenters. The van der Waals surface area contributed by atoms with Crippen molar-refractivity contribution in [2.24, 2.45) is 0 Å². The van der Waals surface area contributed by atoms with E-state index in [0.29, 0.717) is 0 Å². The van der Waals surface area contributed by atoms with Crippen molar-refractivity contribution in [2.45, 2.75) is 39.0 Å². The van der Waals surface area contributed by atoms with Gasteiger partial charge in [0.15, 0.2) is 22.1 Å². The summed E-state index contributed by atoms with van der Waals surface area (Å²) >= 11 is 0. The Morgan fingerprint density at radius 1 is 0.446 bits per heavy atom. The molecule has 0 N–H and O–H groups in total. The summed E-state index contributed by atoms with van der Waals surface area (Å²) in [7, 11) is 0. The molecule has 0 aliphatic carbocycles. The molecule has 8 rings (SSSR count). The lowest BCUT2D eigenvalue weighted by atomic mass is 10.0. The summed E-state index contributed by atoms with van der Waals surface area (Å²) in [6, 6.07) is 47.9. The first kappa shape index (κ1) is 39.7. The van der Waals surface area contributed by atoms with E-state index in [0.717, 1.165) is 83.3 Å². The van der Waals surface area contributed by atoms with Gasteiger partial charge in [-0.25, -0.2) is 18.3 Å². The normalized spacial score (nSPS) is 10.9. The second kappa shape index (κ2) is 17.7. The summed E-state index contributed by atoms with van der Waals surface area (Å²) < 4.78 is 9.06. The number of rotatable bonds is 13. The first-order chi connectivity index (χ1) is 26.4. The minimum absolute atomic E-state index is 0. The van der Waals surface area contributed by atoms with Gasteiger partial charge in [0.2, 0.25) is 12.7 Å². The van der Waals surface area contributed by atoms with Crippen LogP contribution in [-0.4, -0.2) is 19.0 Å². The van der Waals surface area contributed by atoms with Crippen LogP contribution in [0.4, 0.5) is 11.4 Å². The molecule has 2 heterocycles. The van der Waals surface area contributed by atoms with Crippen LogP contribution in [0.2, 0.25) is 0 Å². The number of nitro benzene ring substituents is 2. The van der Waals surface area contributed by atoms with E-state index in [1.165, 1.54) is 11.1 Å². The number of nitrogens with zero attached hydrogens (tertiary/aromatic N) is 6. The van der Waals surface area contributed by atoms with Crippen molar-refractivity contribution < 1.29 is 52.9 Å². The molecule has 8 aromatic rings. The fourth-order valence-corrected chi connectivity index (χ4v) is 7.16. The van der Waals surface area contributed by atoms with Crippen LogP contribution < -0.4 is 43.1 Å². The summed E-state index contributed by atoms with van der Waals surface area (Å²) in [5.41, 5.74) is 11.7. The number of hydrogen-bond donors (Lipinski definition) is 0. The van der Waals surface area contributed by atoms with E-state index in [-0.39, 0.29) is 55.2 Å². The molecule has 0 amide bonds. The molecule has 282 valence electrons. The Balaban J connectivity index is 0.00000266. The molecule has 0 aliphatic heterocycles. The minimum Gasteiger partial charge on any atom is -1.00 e. The molecule has 0 fully saturated rings. The molecule has 10 nitrogen and oxygen atoms in total. The molecular weight excluding hydrogens is 836 g/mol. The van der Waals surface area contributed by atoms with Crippen molar-refractivity contribution in [1.29, 1.82) is 0 Å². The highest BCUT2D eigenvalue weighted by molar-refractivity contribution is 5.72. The fraction of sp³-hybridized carbons (Fsp3) is 0.136. The minimum atomic E-state index is -0.367. The largest absolute Gasteiger partial charge is 1.00 e. The van der Waals surface area contributed by atoms with E-state index < -0.39 is 0 Å². The maximum Gasteiger partial charge on any atom is 0.269 e. The quantitative estimate of drug-likeness (QED) is 0.101. The highest BCUT2D eigenvalue weighted by Gasteiger charge is 2.18. The van der Waals surface area contributed by atoms with Crippen LogP contribution in [0.3, 0.4) is 0 Å². The Morgan fingerprint density at radius 2 is 0.786 bits per heavy atom. The van der Waals surface area contributed by atoms with Crippen molar-refractivity contribution in [3.8, 4) is 11.1 Å². The van der Waals surface area contributed by atoms with Crippen LogP contribution in [0, 0.1) is 20.2 Å². The second-order valence-corrected chi connectivity index (χ2v) is 13.6. The predicted molar refractivity (Wildman–Crippen MR) is 208 cm³/mol. The van der Waals surface area contributed by atoms with E-state index in [4.69, 9.17) is 0 Å². The molecule has 2 aromatic heterocycles. The lowest BCUT2D eigenvalue weighted by Crippen LogP contribution is -3.00. The monoisotopic (exact) mass is 872 g/mol. The van der Waals surface area contributed by atoms with Crippen molar-refractivity contribution >= 4 is 33.4 Å². The first-order valence-electron chi connectivity index (χ1n) is 18.0. The third kappa shape index (κ3) is 8.77. The number of fused-ring (bicyclic) bond motifs is 2. The average Bonchev–Trinajstić information content (AvgIpc) is 3.74. The Bertz CT molecular complexity index is 2420. The van der Waals surface area contributed by atoms with Crippen molar-refractivity contribution in [1.82, 2.24) is 9.13 Å². The van der Waals surface area contributed by atoms with Gasteiger partial charge in [-0.2, -0.15) is 0 Å². The van der Waals surface area contributed by atoms with Gasteiger partial charge in [-0.1, -0.05) is 97.1 Å². The molecule has 0 aliphatic rings. The maximum absolute atomic E-state index is 11.0. The van der Waals surface area contributed by atoms with Gasteiger partial charge < -0.3 is 34.0 Å². The smallest absolute Gasteiger partial charge is 0.269 e. The highest BCUT2D eigenvalue weighted by atomic mass is 79.9. The highest BCUT2D eigenvalue weighted by Crippen LogP contribution is 2.22. The molecule has 0 saturated heterocycles. The Hall–Kier alpha value is -5.98. The average molecular weight is 875 g/mol. The van der Waals surface area contributed by atoms with Crippen molar-refractivity contribution in [2.75, 3.05) is 0 Å². The molecule has 12 heteroatoms. The number of benzene rings is 6. The van der Waals surface area contributed by atoms with Crippen LogP contribution in [-0.2, 0) is 39.0 Å². The fourth-order valence-electron chi connectivity index (χ4n) is 7.16. The zero-order valence-electron chi connectivity index (χ0n) is 30.3. The molecule has 0 unspecified atom stereocenters. The Kier molecular flexibility index (Phi) is 12.5. The predicted octanol–water partition coefficient (Wildman–Crippen LogP) is 2.24. The van der Waals surface area contributed by atoms with Gasteiger partial charge in [-0.05, 0) is 57.6 Å². The molecule has 0 spiro atoms. The number of imidazole rings is 2. The van der Waals surface area contributed by atoms with Crippen LogP contribution in [0.15, 0.2) is 158 Å². The summed E-state index contributed by atoms with van der Waals surface area (Å²) in [6.07, 6.45) is 5.88. The number of halogens is 2. The zero-order valence-corrected chi connectivity index (χ0v) is 33.5. The Morgan fingerprint density at radius 3 is 1.14 bits per heavy atom. The number of non-ortho nitro benzene ring substituents is 2. The third-order valence-corrected chi connectivity index (χ3v) is 10.1. The number of nitro groups is 2. The zero-order chi connectivity index (χ0) is 37.0. The summed E-state index contributed by atoms with van der Waals surface area (Å²) in [4.78, 5) is 21.3. The molecule has 56 heavy (non-hydrogen) atoms. The molecule has 0 saturated carbocycles. The molecule has 0 radical (unpaired) electrons. The van der Waals surface area contributed by atoms with Gasteiger partial charge >= 0.3 is 0 Å². The van der Waals surface area contributed by atoms with E-state index in [2.05, 4.69) is 128 Å². The van der Waals surface area contributed by atoms with E-state index in [1.807, 2.05) is 24.3 Å². The van der Waals surface area contributed by atoms with Gasteiger partial charge in [0.1, 0.15) is 13.1 Å². The number of para-hydroxylation sites is 4. The van der Waals surface area contributed by atoms with Crippen molar-refractivity contribution in [3.63, 3.8) is 0 Å². The van der Waals surface area contributed by atoms with Gasteiger partial charge in [0, 0.05) is 37.1 Å². The lowest BCUT2D eigenvalue weighted by Gasteiger charge is -2.06.